The van der Waals surface area contributed by atoms with E-state index in [1.807, 2.05) is 0 Å². The van der Waals surface area contributed by atoms with Crippen molar-refractivity contribution in [3.05, 3.63) is 12.2 Å². The second-order valence-electron chi connectivity index (χ2n) is 4.78. The van der Waals surface area contributed by atoms with E-state index in [1.54, 1.807) is 17.9 Å². The maximum atomic E-state index is 12.9. The molecule has 1 fully saturated rings. The third-order valence-electron chi connectivity index (χ3n) is 3.51. The number of nitrogens with zero attached hydrogens (tertiary/aromatic N) is 3. The summed E-state index contributed by atoms with van der Waals surface area (Å²) in [6, 6.07) is -0.504. The van der Waals surface area contributed by atoms with Gasteiger partial charge in [0.05, 0.1) is 12.5 Å². The van der Waals surface area contributed by atoms with E-state index in [0.717, 1.165) is 6.42 Å². The molecule has 1 aromatic rings. The summed E-state index contributed by atoms with van der Waals surface area (Å²) in [4.78, 5) is 0. The van der Waals surface area contributed by atoms with E-state index in [9.17, 15) is 13.2 Å². The van der Waals surface area contributed by atoms with Crippen molar-refractivity contribution < 1.29 is 13.2 Å². The van der Waals surface area contributed by atoms with E-state index in [4.69, 9.17) is 0 Å². The van der Waals surface area contributed by atoms with Crippen molar-refractivity contribution in [3.8, 4) is 0 Å². The van der Waals surface area contributed by atoms with Gasteiger partial charge in [0.1, 0.15) is 12.2 Å². The van der Waals surface area contributed by atoms with Crippen LogP contribution >= 0.6 is 0 Å². The van der Waals surface area contributed by atoms with Crippen molar-refractivity contribution in [2.45, 2.75) is 44.4 Å². The molecule has 18 heavy (non-hydrogen) atoms. The molecule has 7 heteroatoms. The highest BCUT2D eigenvalue weighted by Crippen LogP contribution is 2.37. The highest BCUT2D eigenvalue weighted by Gasteiger charge is 2.45. The van der Waals surface area contributed by atoms with Crippen molar-refractivity contribution in [1.82, 2.24) is 20.1 Å². The summed E-state index contributed by atoms with van der Waals surface area (Å²) in [6.07, 6.45) is -0.269. The molecule has 2 unspecified atom stereocenters. The zero-order valence-corrected chi connectivity index (χ0v) is 10.2. The molecule has 0 saturated heterocycles. The molecule has 0 bridgehead atoms. The lowest BCUT2D eigenvalue weighted by Crippen LogP contribution is -2.45. The Morgan fingerprint density at radius 1 is 1.39 bits per heavy atom. The molecular formula is C11H17F3N4. The van der Waals surface area contributed by atoms with Crippen molar-refractivity contribution in [2.24, 2.45) is 13.0 Å². The van der Waals surface area contributed by atoms with Gasteiger partial charge >= 0.3 is 6.18 Å². The van der Waals surface area contributed by atoms with Crippen LogP contribution in [0.15, 0.2) is 6.33 Å². The molecule has 1 aromatic heterocycles. The molecule has 102 valence electrons. The first kappa shape index (κ1) is 13.3. The lowest BCUT2D eigenvalue weighted by atomic mass is 9.84. The summed E-state index contributed by atoms with van der Waals surface area (Å²) in [5.74, 6) is -0.582. The number of nitrogens with one attached hydrogen (secondary N) is 1. The summed E-state index contributed by atoms with van der Waals surface area (Å²) in [5, 5.41) is 10.5. The van der Waals surface area contributed by atoms with Gasteiger partial charge in [0, 0.05) is 13.1 Å². The molecule has 1 aliphatic carbocycles. The highest BCUT2D eigenvalue weighted by molar-refractivity contribution is 4.89. The number of halogens is 3. The number of hydrogen-bond acceptors (Lipinski definition) is 3. The van der Waals surface area contributed by atoms with E-state index >= 15 is 0 Å². The zero-order valence-electron chi connectivity index (χ0n) is 10.2. The molecule has 1 saturated carbocycles. The van der Waals surface area contributed by atoms with Crippen LogP contribution in [0, 0.1) is 5.92 Å². The molecule has 0 radical (unpaired) electrons. The first-order valence-corrected chi connectivity index (χ1v) is 6.11. The molecule has 0 spiro atoms. The van der Waals surface area contributed by atoms with Crippen LogP contribution in [0.2, 0.25) is 0 Å². The van der Waals surface area contributed by atoms with Crippen LogP contribution in [-0.4, -0.2) is 27.0 Å². The number of aryl methyl sites for hydroxylation is 1. The Kier molecular flexibility index (Phi) is 3.89. The summed E-state index contributed by atoms with van der Waals surface area (Å²) >= 11 is 0. The molecule has 0 amide bonds. The van der Waals surface area contributed by atoms with E-state index in [1.165, 1.54) is 0 Å². The Balaban J connectivity index is 1.96. The largest absolute Gasteiger partial charge is 0.393 e. The van der Waals surface area contributed by atoms with Crippen LogP contribution in [-0.2, 0) is 13.6 Å². The van der Waals surface area contributed by atoms with Gasteiger partial charge in [-0.1, -0.05) is 12.8 Å². The van der Waals surface area contributed by atoms with Gasteiger partial charge in [0.15, 0.2) is 0 Å². The van der Waals surface area contributed by atoms with Gasteiger partial charge in [-0.25, -0.2) is 0 Å². The van der Waals surface area contributed by atoms with Gasteiger partial charge < -0.3 is 9.88 Å². The summed E-state index contributed by atoms with van der Waals surface area (Å²) in [5.41, 5.74) is 0. The second kappa shape index (κ2) is 5.26. The topological polar surface area (TPSA) is 42.7 Å². The van der Waals surface area contributed by atoms with E-state index in [0.29, 0.717) is 25.2 Å². The quantitative estimate of drug-likeness (QED) is 0.906. The van der Waals surface area contributed by atoms with Gasteiger partial charge in [0.2, 0.25) is 0 Å². The average Bonchev–Trinajstić information content (AvgIpc) is 2.71. The van der Waals surface area contributed by atoms with Gasteiger partial charge in [-0.05, 0) is 12.8 Å². The van der Waals surface area contributed by atoms with Crippen LogP contribution in [0.5, 0.6) is 0 Å². The van der Waals surface area contributed by atoms with Crippen molar-refractivity contribution in [2.75, 3.05) is 0 Å². The number of aromatic nitrogens is 3. The third kappa shape index (κ3) is 3.01. The van der Waals surface area contributed by atoms with Crippen molar-refractivity contribution >= 4 is 0 Å². The van der Waals surface area contributed by atoms with Crippen LogP contribution in [0.25, 0.3) is 0 Å². The van der Waals surface area contributed by atoms with Crippen molar-refractivity contribution in [3.63, 3.8) is 0 Å². The smallest absolute Gasteiger partial charge is 0.320 e. The molecule has 0 aliphatic heterocycles. The minimum Gasteiger partial charge on any atom is -0.320 e. The Bertz CT molecular complexity index is 388. The van der Waals surface area contributed by atoms with Crippen LogP contribution < -0.4 is 5.32 Å². The van der Waals surface area contributed by atoms with Crippen LogP contribution in [0.1, 0.15) is 31.5 Å². The van der Waals surface area contributed by atoms with Gasteiger partial charge in [-0.3, -0.25) is 0 Å². The standard InChI is InChI=1S/C11H17F3N4/c1-18-7-16-17-10(18)6-15-9-5-3-2-4-8(9)11(12,13)14/h7-9,15H,2-6H2,1H3. The Morgan fingerprint density at radius 3 is 2.72 bits per heavy atom. The Hall–Kier alpha value is -1.11. The molecule has 4 nitrogen and oxygen atoms in total. The predicted octanol–water partition coefficient (Wildman–Crippen LogP) is 2.03. The fraction of sp³-hybridized carbons (Fsp3) is 0.818. The average molecular weight is 262 g/mol. The monoisotopic (exact) mass is 262 g/mol. The maximum Gasteiger partial charge on any atom is 0.393 e. The third-order valence-corrected chi connectivity index (χ3v) is 3.51. The molecule has 1 heterocycles. The predicted molar refractivity (Wildman–Crippen MR) is 59.6 cm³/mol. The molecular weight excluding hydrogens is 245 g/mol. The SMILES string of the molecule is Cn1cnnc1CNC1CCCCC1C(F)(F)F. The molecule has 0 aromatic carbocycles. The zero-order chi connectivity index (χ0) is 13.2. The van der Waals surface area contributed by atoms with E-state index in [-0.39, 0.29) is 6.42 Å². The first-order chi connectivity index (χ1) is 8.48. The Labute approximate surface area is 104 Å². The van der Waals surface area contributed by atoms with E-state index < -0.39 is 18.1 Å². The summed E-state index contributed by atoms with van der Waals surface area (Å²) < 4.78 is 40.3. The van der Waals surface area contributed by atoms with Gasteiger partial charge in [-0.2, -0.15) is 13.2 Å². The lowest BCUT2D eigenvalue weighted by Gasteiger charge is -2.33. The molecule has 1 N–H and O–H groups in total. The highest BCUT2D eigenvalue weighted by atomic mass is 19.4. The Morgan fingerprint density at radius 2 is 2.11 bits per heavy atom. The molecule has 2 atom stereocenters. The molecule has 2 rings (SSSR count). The summed E-state index contributed by atoms with van der Waals surface area (Å²) in [6.45, 7) is 0.327. The van der Waals surface area contributed by atoms with Crippen LogP contribution in [0.4, 0.5) is 13.2 Å². The maximum absolute atomic E-state index is 12.9. The van der Waals surface area contributed by atoms with Gasteiger partial charge in [-0.15, -0.1) is 10.2 Å². The number of alkyl halides is 3. The van der Waals surface area contributed by atoms with Crippen molar-refractivity contribution in [1.29, 1.82) is 0 Å². The fourth-order valence-corrected chi connectivity index (χ4v) is 2.46. The summed E-state index contributed by atoms with van der Waals surface area (Å²) in [7, 11) is 1.78. The minimum atomic E-state index is -4.11. The number of rotatable bonds is 3. The van der Waals surface area contributed by atoms with Gasteiger partial charge in [0.25, 0.3) is 0 Å². The number of hydrogen-bond donors (Lipinski definition) is 1. The molecule has 1 aliphatic rings. The van der Waals surface area contributed by atoms with Crippen LogP contribution in [0.3, 0.4) is 0 Å². The van der Waals surface area contributed by atoms with E-state index in [2.05, 4.69) is 15.5 Å². The first-order valence-electron chi connectivity index (χ1n) is 6.11. The fourth-order valence-electron chi connectivity index (χ4n) is 2.46. The normalized spacial score (nSPS) is 25.3. The minimum absolute atomic E-state index is 0.222. The lowest BCUT2D eigenvalue weighted by molar-refractivity contribution is -0.189. The second-order valence-corrected chi connectivity index (χ2v) is 4.78.